The van der Waals surface area contributed by atoms with Crippen molar-refractivity contribution in [2.75, 3.05) is 18.1 Å². The molecule has 2 aromatic rings. The molecule has 0 radical (unpaired) electrons. The third-order valence-corrected chi connectivity index (χ3v) is 4.78. The Morgan fingerprint density at radius 3 is 2.48 bits per heavy atom. The van der Waals surface area contributed by atoms with Crippen LogP contribution < -0.4 is 4.90 Å². The van der Waals surface area contributed by atoms with Gasteiger partial charge in [0.05, 0.1) is 11.6 Å². The molecule has 1 aliphatic rings. The molecule has 6 nitrogen and oxygen atoms in total. The molecule has 2 amide bonds. The molecule has 2 heterocycles. The van der Waals surface area contributed by atoms with Crippen LogP contribution in [0.2, 0.25) is 5.02 Å². The zero-order valence-corrected chi connectivity index (χ0v) is 16.0. The van der Waals surface area contributed by atoms with Crippen molar-refractivity contribution in [1.29, 1.82) is 0 Å². The standard InChI is InChI=1S/C19H17ClF3N3O3/c1-19(22,23)12-4-2-11(3-5-12)8-25-15(10-27)18(29)26(9-16(25)28)17-14(21)6-13(20)7-24-17/h2-7,15,27H,8-10H2,1H3/t15-/m0/s1. The number of aliphatic hydroxyl groups is 1. The van der Waals surface area contributed by atoms with Crippen LogP contribution in [-0.2, 0) is 22.1 Å². The number of alkyl halides is 2. The molecule has 0 spiro atoms. The van der Waals surface area contributed by atoms with Gasteiger partial charge in [-0.1, -0.05) is 35.9 Å². The Kier molecular flexibility index (Phi) is 5.81. The van der Waals surface area contributed by atoms with Gasteiger partial charge in [-0.15, -0.1) is 0 Å². The molecule has 1 N–H and O–H groups in total. The Morgan fingerprint density at radius 2 is 1.93 bits per heavy atom. The number of amides is 2. The van der Waals surface area contributed by atoms with Gasteiger partial charge in [-0.3, -0.25) is 14.5 Å². The van der Waals surface area contributed by atoms with Crippen LogP contribution in [0.1, 0.15) is 18.1 Å². The normalized spacial score (nSPS) is 17.8. The van der Waals surface area contributed by atoms with Gasteiger partial charge in [0, 0.05) is 25.2 Å². The molecule has 1 saturated heterocycles. The van der Waals surface area contributed by atoms with Gasteiger partial charge in [0.15, 0.2) is 11.6 Å². The van der Waals surface area contributed by atoms with E-state index in [0.29, 0.717) is 5.56 Å². The fourth-order valence-electron chi connectivity index (χ4n) is 3.05. The highest BCUT2D eigenvalue weighted by molar-refractivity contribution is 6.30. The minimum Gasteiger partial charge on any atom is -0.394 e. The number of carbonyl (C=O) groups excluding carboxylic acids is 2. The van der Waals surface area contributed by atoms with Gasteiger partial charge >= 0.3 is 0 Å². The van der Waals surface area contributed by atoms with E-state index in [1.165, 1.54) is 24.3 Å². The molecule has 0 aliphatic carbocycles. The third kappa shape index (κ3) is 4.35. The minimum atomic E-state index is -3.00. The molecule has 0 saturated carbocycles. The molecular formula is C19H17ClF3N3O3. The average Bonchev–Trinajstić information content (AvgIpc) is 2.65. The van der Waals surface area contributed by atoms with E-state index in [1.54, 1.807) is 0 Å². The maximum absolute atomic E-state index is 14.2. The summed E-state index contributed by atoms with van der Waals surface area (Å²) in [6.45, 7) is -0.474. The molecule has 0 bridgehead atoms. The van der Waals surface area contributed by atoms with Crippen molar-refractivity contribution in [2.45, 2.75) is 25.4 Å². The van der Waals surface area contributed by atoms with Crippen molar-refractivity contribution in [3.05, 3.63) is 58.5 Å². The Labute approximate surface area is 169 Å². The highest BCUT2D eigenvalue weighted by atomic mass is 35.5. The molecule has 1 aromatic carbocycles. The number of halogens is 4. The smallest absolute Gasteiger partial charge is 0.270 e. The number of aliphatic hydroxyl groups excluding tert-OH is 1. The molecule has 1 fully saturated rings. The van der Waals surface area contributed by atoms with Gasteiger partial charge in [-0.2, -0.15) is 0 Å². The molecule has 0 unspecified atom stereocenters. The first-order valence-electron chi connectivity index (χ1n) is 8.62. The number of pyridine rings is 1. The van der Waals surface area contributed by atoms with Crippen molar-refractivity contribution < 1.29 is 27.9 Å². The summed E-state index contributed by atoms with van der Waals surface area (Å²) in [6, 6.07) is 5.02. The first kappa shape index (κ1) is 21.1. The summed E-state index contributed by atoms with van der Waals surface area (Å²) in [6.07, 6.45) is 1.14. The second-order valence-electron chi connectivity index (χ2n) is 6.69. The van der Waals surface area contributed by atoms with Gasteiger partial charge in [0.1, 0.15) is 12.6 Å². The number of hydrogen-bond acceptors (Lipinski definition) is 4. The Bertz CT molecular complexity index is 935. The van der Waals surface area contributed by atoms with Crippen molar-refractivity contribution in [2.24, 2.45) is 0 Å². The Balaban J connectivity index is 1.83. The van der Waals surface area contributed by atoms with Crippen molar-refractivity contribution in [3.63, 3.8) is 0 Å². The summed E-state index contributed by atoms with van der Waals surface area (Å²) in [7, 11) is 0. The van der Waals surface area contributed by atoms with Crippen molar-refractivity contribution in [3.8, 4) is 0 Å². The number of benzene rings is 1. The SMILES string of the molecule is CC(F)(F)c1ccc(CN2C(=O)CN(c3ncc(Cl)cc3F)C(=O)[C@@H]2CO)cc1. The number of carbonyl (C=O) groups is 2. The van der Waals surface area contributed by atoms with E-state index in [1.807, 2.05) is 0 Å². The van der Waals surface area contributed by atoms with Crippen molar-refractivity contribution in [1.82, 2.24) is 9.88 Å². The monoisotopic (exact) mass is 427 g/mol. The molecule has 1 atom stereocenters. The number of hydrogen-bond donors (Lipinski definition) is 1. The van der Waals surface area contributed by atoms with E-state index >= 15 is 0 Å². The fraction of sp³-hybridized carbons (Fsp3) is 0.316. The minimum absolute atomic E-state index is 0.0310. The topological polar surface area (TPSA) is 73.7 Å². The van der Waals surface area contributed by atoms with E-state index in [2.05, 4.69) is 4.98 Å². The summed E-state index contributed by atoms with van der Waals surface area (Å²) in [5.41, 5.74) is 0.318. The van der Waals surface area contributed by atoms with E-state index in [4.69, 9.17) is 11.6 Å². The number of aromatic nitrogens is 1. The molecule has 154 valence electrons. The van der Waals surface area contributed by atoms with Gasteiger partial charge in [-0.25, -0.2) is 18.2 Å². The molecule has 1 aromatic heterocycles. The molecule has 29 heavy (non-hydrogen) atoms. The van der Waals surface area contributed by atoms with E-state index in [0.717, 1.165) is 29.0 Å². The van der Waals surface area contributed by atoms with Gasteiger partial charge in [0.25, 0.3) is 11.8 Å². The second-order valence-corrected chi connectivity index (χ2v) is 7.13. The zero-order chi connectivity index (χ0) is 21.3. The Hall–Kier alpha value is -2.65. The predicted molar refractivity (Wildman–Crippen MR) is 99.0 cm³/mol. The van der Waals surface area contributed by atoms with Crippen LogP contribution in [0.25, 0.3) is 0 Å². The second kappa shape index (κ2) is 8.00. The van der Waals surface area contributed by atoms with E-state index in [9.17, 15) is 27.9 Å². The van der Waals surface area contributed by atoms with Crippen LogP contribution in [0.5, 0.6) is 0 Å². The number of piperazine rings is 1. The number of anilines is 1. The van der Waals surface area contributed by atoms with Gasteiger partial charge < -0.3 is 10.0 Å². The van der Waals surface area contributed by atoms with Gasteiger partial charge in [-0.05, 0) is 11.6 Å². The van der Waals surface area contributed by atoms with Crippen LogP contribution in [0.15, 0.2) is 36.5 Å². The molecule has 3 rings (SSSR count). The van der Waals surface area contributed by atoms with E-state index < -0.39 is 42.7 Å². The first-order valence-corrected chi connectivity index (χ1v) is 8.99. The fourth-order valence-corrected chi connectivity index (χ4v) is 3.20. The van der Waals surface area contributed by atoms with Crippen LogP contribution in [0.4, 0.5) is 19.0 Å². The van der Waals surface area contributed by atoms with Crippen LogP contribution in [-0.4, -0.2) is 46.0 Å². The first-order chi connectivity index (χ1) is 13.6. The number of nitrogens with zero attached hydrogens (tertiary/aromatic N) is 3. The summed E-state index contributed by atoms with van der Waals surface area (Å²) in [5, 5.41) is 9.71. The highest BCUT2D eigenvalue weighted by Crippen LogP contribution is 2.28. The van der Waals surface area contributed by atoms with Crippen LogP contribution in [0.3, 0.4) is 0 Å². The molecule has 1 aliphatic heterocycles. The Morgan fingerprint density at radius 1 is 1.28 bits per heavy atom. The lowest BCUT2D eigenvalue weighted by atomic mass is 10.1. The summed E-state index contributed by atoms with van der Waals surface area (Å²) in [4.78, 5) is 31.1. The van der Waals surface area contributed by atoms with Gasteiger partial charge in [0.2, 0.25) is 5.91 Å². The third-order valence-electron chi connectivity index (χ3n) is 4.57. The quantitative estimate of drug-likeness (QED) is 0.796. The van der Waals surface area contributed by atoms with E-state index in [-0.39, 0.29) is 22.9 Å². The lowest BCUT2D eigenvalue weighted by molar-refractivity contribution is -0.145. The number of rotatable bonds is 5. The molecule has 10 heteroatoms. The lowest BCUT2D eigenvalue weighted by Crippen LogP contribution is -2.61. The highest BCUT2D eigenvalue weighted by Gasteiger charge is 2.41. The molecular weight excluding hydrogens is 411 g/mol. The maximum Gasteiger partial charge on any atom is 0.270 e. The predicted octanol–water partition coefficient (Wildman–Crippen LogP) is 2.72. The summed E-state index contributed by atoms with van der Waals surface area (Å²) >= 11 is 5.66. The lowest BCUT2D eigenvalue weighted by Gasteiger charge is -2.39. The average molecular weight is 428 g/mol. The van der Waals surface area contributed by atoms with Crippen LogP contribution in [0, 0.1) is 5.82 Å². The largest absolute Gasteiger partial charge is 0.394 e. The summed E-state index contributed by atoms with van der Waals surface area (Å²) < 4.78 is 40.8. The van der Waals surface area contributed by atoms with Crippen molar-refractivity contribution >= 4 is 29.2 Å². The summed E-state index contributed by atoms with van der Waals surface area (Å²) in [5.74, 6) is -5.50. The zero-order valence-electron chi connectivity index (χ0n) is 15.3. The van der Waals surface area contributed by atoms with Crippen LogP contribution >= 0.6 is 11.6 Å². The maximum atomic E-state index is 14.2.